The van der Waals surface area contributed by atoms with Gasteiger partial charge in [-0.15, -0.1) is 0 Å². The lowest BCUT2D eigenvalue weighted by Crippen LogP contribution is -2.54. The molecule has 0 bridgehead atoms. The van der Waals surface area contributed by atoms with E-state index < -0.39 is 11.4 Å². The summed E-state index contributed by atoms with van der Waals surface area (Å²) in [4.78, 5) is 0. The number of ether oxygens (including phenoxy) is 2. The van der Waals surface area contributed by atoms with Crippen molar-refractivity contribution in [3.05, 3.63) is 34.6 Å². The van der Waals surface area contributed by atoms with E-state index >= 15 is 0 Å². The maximum absolute atomic E-state index is 13.4. The second kappa shape index (κ2) is 6.18. The van der Waals surface area contributed by atoms with Gasteiger partial charge in [0.25, 0.3) is 0 Å². The first kappa shape index (κ1) is 14.7. The van der Waals surface area contributed by atoms with E-state index in [-0.39, 0.29) is 11.1 Å². The third-order valence-electron chi connectivity index (χ3n) is 3.89. The van der Waals surface area contributed by atoms with E-state index in [1.54, 1.807) is 19.2 Å². The second-order valence-corrected chi connectivity index (χ2v) is 5.28. The fourth-order valence-electron chi connectivity index (χ4n) is 2.57. The highest BCUT2D eigenvalue weighted by Crippen LogP contribution is 2.30. The van der Waals surface area contributed by atoms with Gasteiger partial charge in [0.05, 0.1) is 10.6 Å². The van der Waals surface area contributed by atoms with Crippen molar-refractivity contribution in [2.24, 2.45) is 5.73 Å². The Morgan fingerprint density at radius 3 is 2.79 bits per heavy atom. The van der Waals surface area contributed by atoms with Crippen LogP contribution in [0.1, 0.15) is 18.4 Å². The summed E-state index contributed by atoms with van der Waals surface area (Å²) in [7, 11) is 1.67. The maximum atomic E-state index is 13.4. The van der Waals surface area contributed by atoms with Gasteiger partial charge in [-0.25, -0.2) is 4.39 Å². The van der Waals surface area contributed by atoms with Crippen LogP contribution in [0.2, 0.25) is 5.02 Å². The summed E-state index contributed by atoms with van der Waals surface area (Å²) in [5.74, 6) is -0.412. The quantitative estimate of drug-likeness (QED) is 0.925. The topological polar surface area (TPSA) is 44.5 Å². The molecule has 1 aromatic carbocycles. The molecule has 0 radical (unpaired) electrons. The first-order chi connectivity index (χ1) is 9.09. The van der Waals surface area contributed by atoms with Gasteiger partial charge in [-0.2, -0.15) is 0 Å². The van der Waals surface area contributed by atoms with E-state index in [9.17, 15) is 4.39 Å². The molecule has 1 aromatic rings. The van der Waals surface area contributed by atoms with Gasteiger partial charge in [-0.3, -0.25) is 0 Å². The molecule has 3 nitrogen and oxygen atoms in total. The molecule has 0 aromatic heterocycles. The van der Waals surface area contributed by atoms with Crippen LogP contribution in [0, 0.1) is 5.82 Å². The van der Waals surface area contributed by atoms with Crippen molar-refractivity contribution < 1.29 is 13.9 Å². The van der Waals surface area contributed by atoms with E-state index in [4.69, 9.17) is 26.8 Å². The summed E-state index contributed by atoms with van der Waals surface area (Å²) in [6.45, 7) is 1.27. The minimum atomic E-state index is -0.412. The highest BCUT2D eigenvalue weighted by molar-refractivity contribution is 6.31. The Labute approximate surface area is 117 Å². The summed E-state index contributed by atoms with van der Waals surface area (Å²) >= 11 is 5.97. The number of benzene rings is 1. The van der Waals surface area contributed by atoms with Crippen LogP contribution < -0.4 is 5.73 Å². The lowest BCUT2D eigenvalue weighted by Gasteiger charge is -2.40. The largest absolute Gasteiger partial charge is 0.381 e. The molecule has 1 aliphatic heterocycles. The fourth-order valence-corrected chi connectivity index (χ4v) is 2.78. The minimum absolute atomic E-state index is 0.149. The van der Waals surface area contributed by atoms with Gasteiger partial charge in [0.15, 0.2) is 0 Å². The monoisotopic (exact) mass is 287 g/mol. The van der Waals surface area contributed by atoms with Crippen molar-refractivity contribution in [1.29, 1.82) is 0 Å². The summed E-state index contributed by atoms with van der Waals surface area (Å²) < 4.78 is 24.4. The van der Waals surface area contributed by atoms with Crippen molar-refractivity contribution >= 4 is 11.6 Å². The minimum Gasteiger partial charge on any atom is -0.381 e. The van der Waals surface area contributed by atoms with Crippen molar-refractivity contribution in [2.75, 3.05) is 20.3 Å². The Morgan fingerprint density at radius 1 is 1.47 bits per heavy atom. The van der Waals surface area contributed by atoms with Gasteiger partial charge in [0.2, 0.25) is 0 Å². The molecular formula is C14H19ClFNO2. The number of nitrogens with two attached hydrogens (primary N) is 1. The van der Waals surface area contributed by atoms with Crippen LogP contribution in [0.15, 0.2) is 18.2 Å². The molecule has 106 valence electrons. The SMILES string of the molecule is COC1(C(N)Cc2cccc(F)c2Cl)CCOCC1. The van der Waals surface area contributed by atoms with Crippen molar-refractivity contribution in [3.63, 3.8) is 0 Å². The molecule has 1 heterocycles. The van der Waals surface area contributed by atoms with E-state index in [1.165, 1.54) is 6.07 Å². The average Bonchev–Trinajstić information content (AvgIpc) is 2.44. The van der Waals surface area contributed by atoms with Crippen LogP contribution >= 0.6 is 11.6 Å². The number of halogens is 2. The molecule has 1 aliphatic rings. The molecule has 19 heavy (non-hydrogen) atoms. The smallest absolute Gasteiger partial charge is 0.142 e. The molecule has 1 saturated heterocycles. The zero-order chi connectivity index (χ0) is 13.9. The molecule has 0 saturated carbocycles. The second-order valence-electron chi connectivity index (χ2n) is 4.90. The number of hydrogen-bond donors (Lipinski definition) is 1. The van der Waals surface area contributed by atoms with Gasteiger partial charge in [-0.1, -0.05) is 23.7 Å². The Kier molecular flexibility index (Phi) is 4.79. The van der Waals surface area contributed by atoms with Crippen LogP contribution in [-0.2, 0) is 15.9 Å². The first-order valence-electron chi connectivity index (χ1n) is 6.40. The zero-order valence-corrected chi connectivity index (χ0v) is 11.8. The molecule has 2 N–H and O–H groups in total. The van der Waals surface area contributed by atoms with Gasteiger partial charge in [-0.05, 0) is 18.1 Å². The summed E-state index contributed by atoms with van der Waals surface area (Å²) in [5.41, 5.74) is 6.59. The van der Waals surface area contributed by atoms with Crippen LogP contribution in [0.4, 0.5) is 4.39 Å². The molecule has 0 aliphatic carbocycles. The standard InChI is InChI=1S/C14H19ClFNO2/c1-18-14(5-7-19-8-6-14)12(17)9-10-3-2-4-11(16)13(10)15/h2-4,12H,5-9,17H2,1H3. The first-order valence-corrected chi connectivity index (χ1v) is 6.78. The third-order valence-corrected chi connectivity index (χ3v) is 4.32. The van der Waals surface area contributed by atoms with Crippen LogP contribution in [0.3, 0.4) is 0 Å². The van der Waals surface area contributed by atoms with Gasteiger partial charge in [0, 0.05) is 39.2 Å². The predicted octanol–water partition coefficient (Wildman–Crippen LogP) is 2.54. The lowest BCUT2D eigenvalue weighted by atomic mass is 9.83. The van der Waals surface area contributed by atoms with Gasteiger partial charge < -0.3 is 15.2 Å². The van der Waals surface area contributed by atoms with Crippen molar-refractivity contribution in [2.45, 2.75) is 30.9 Å². The summed E-state index contributed by atoms with van der Waals surface area (Å²) in [5, 5.41) is 0.149. The molecule has 1 atom stereocenters. The average molecular weight is 288 g/mol. The van der Waals surface area contributed by atoms with E-state index in [0.29, 0.717) is 19.6 Å². The van der Waals surface area contributed by atoms with Gasteiger partial charge in [0.1, 0.15) is 5.82 Å². The highest BCUT2D eigenvalue weighted by Gasteiger charge is 2.38. The molecule has 2 rings (SSSR count). The van der Waals surface area contributed by atoms with Crippen LogP contribution in [-0.4, -0.2) is 32.0 Å². The highest BCUT2D eigenvalue weighted by atomic mass is 35.5. The lowest BCUT2D eigenvalue weighted by molar-refractivity contribution is -0.103. The molecule has 0 amide bonds. The Bertz CT molecular complexity index is 435. The Hall–Kier alpha value is -0.680. The number of methoxy groups -OCH3 is 1. The van der Waals surface area contributed by atoms with E-state index in [0.717, 1.165) is 18.4 Å². The molecule has 5 heteroatoms. The van der Waals surface area contributed by atoms with E-state index in [1.807, 2.05) is 0 Å². The number of hydrogen-bond acceptors (Lipinski definition) is 3. The Balaban J connectivity index is 2.15. The number of rotatable bonds is 4. The normalized spacial score (nSPS) is 20.2. The predicted molar refractivity (Wildman–Crippen MR) is 72.9 cm³/mol. The molecule has 0 spiro atoms. The molecule has 1 unspecified atom stereocenters. The van der Waals surface area contributed by atoms with Crippen molar-refractivity contribution in [1.82, 2.24) is 0 Å². The maximum Gasteiger partial charge on any atom is 0.142 e. The van der Waals surface area contributed by atoms with Crippen LogP contribution in [0.25, 0.3) is 0 Å². The van der Waals surface area contributed by atoms with Crippen molar-refractivity contribution in [3.8, 4) is 0 Å². The zero-order valence-electron chi connectivity index (χ0n) is 11.0. The molecule has 1 fully saturated rings. The Morgan fingerprint density at radius 2 is 2.16 bits per heavy atom. The third kappa shape index (κ3) is 3.08. The van der Waals surface area contributed by atoms with Gasteiger partial charge >= 0.3 is 0 Å². The summed E-state index contributed by atoms with van der Waals surface area (Å²) in [6, 6.07) is 4.55. The summed E-state index contributed by atoms with van der Waals surface area (Å²) in [6.07, 6.45) is 1.99. The van der Waals surface area contributed by atoms with E-state index in [2.05, 4.69) is 0 Å². The molecular weight excluding hydrogens is 269 g/mol. The fraction of sp³-hybridized carbons (Fsp3) is 0.571. The van der Waals surface area contributed by atoms with Crippen LogP contribution in [0.5, 0.6) is 0 Å².